The lowest BCUT2D eigenvalue weighted by atomic mass is 9.94. The highest BCUT2D eigenvalue weighted by molar-refractivity contribution is 9.10. The molecule has 7 heteroatoms. The lowest BCUT2D eigenvalue weighted by Gasteiger charge is -2.42. The van der Waals surface area contributed by atoms with Crippen LogP contribution in [0, 0.1) is 6.92 Å². The van der Waals surface area contributed by atoms with Gasteiger partial charge in [-0.1, -0.05) is 64.8 Å². The van der Waals surface area contributed by atoms with E-state index in [-0.39, 0.29) is 12.1 Å². The van der Waals surface area contributed by atoms with Crippen LogP contribution in [0.15, 0.2) is 71.2 Å². The lowest BCUT2D eigenvalue weighted by molar-refractivity contribution is -0.140. The second-order valence-electron chi connectivity index (χ2n) is 7.82. The molecule has 3 aromatic rings. The molecule has 3 aromatic carbocycles. The number of benzene rings is 3. The summed E-state index contributed by atoms with van der Waals surface area (Å²) < 4.78 is 0.679. The molecule has 0 fully saturated rings. The molecule has 6 nitrogen and oxygen atoms in total. The topological polar surface area (TPSA) is 81.7 Å². The van der Waals surface area contributed by atoms with Gasteiger partial charge in [0.1, 0.15) is 0 Å². The van der Waals surface area contributed by atoms with Crippen LogP contribution in [0.25, 0.3) is 0 Å². The van der Waals surface area contributed by atoms with Gasteiger partial charge in [0.25, 0.3) is 11.6 Å². The van der Waals surface area contributed by atoms with Crippen molar-refractivity contribution < 1.29 is 14.7 Å². The third-order valence-electron chi connectivity index (χ3n) is 5.62. The Morgan fingerprint density at radius 2 is 1.72 bits per heavy atom. The average molecular weight is 494 g/mol. The van der Waals surface area contributed by atoms with Gasteiger partial charge in [-0.05, 0) is 54.8 Å². The van der Waals surface area contributed by atoms with E-state index in [1.807, 2.05) is 50.2 Å². The maximum Gasteiger partial charge on any atom is 0.329 e. The first-order valence-corrected chi connectivity index (χ1v) is 11.2. The monoisotopic (exact) mass is 493 g/mol. The minimum absolute atomic E-state index is 0.217. The largest absolute Gasteiger partial charge is 0.359 e. The zero-order valence-corrected chi connectivity index (χ0v) is 19.4. The highest BCUT2D eigenvalue weighted by atomic mass is 79.9. The molecule has 164 valence electrons. The van der Waals surface area contributed by atoms with Gasteiger partial charge in [0.15, 0.2) is 0 Å². The first-order valence-electron chi connectivity index (χ1n) is 10.4. The van der Waals surface area contributed by atoms with Gasteiger partial charge >= 0.3 is 6.03 Å². The Morgan fingerprint density at radius 1 is 1.06 bits per heavy atom. The second-order valence-corrected chi connectivity index (χ2v) is 8.73. The molecule has 0 saturated carbocycles. The maximum atomic E-state index is 13.5. The molecule has 0 spiro atoms. The fraction of sp³-hybridized carbons (Fsp3) is 0.200. The number of hydrogen-bond acceptors (Lipinski definition) is 3. The highest BCUT2D eigenvalue weighted by Gasteiger charge is 2.52. The number of carbonyl (C=O) groups excluding carboxylic acids is 2. The van der Waals surface area contributed by atoms with E-state index in [2.05, 4.69) is 26.6 Å². The second kappa shape index (κ2) is 8.76. The van der Waals surface area contributed by atoms with Crippen molar-refractivity contribution in [1.82, 2.24) is 5.32 Å². The van der Waals surface area contributed by atoms with Gasteiger partial charge in [-0.3, -0.25) is 9.69 Å². The summed E-state index contributed by atoms with van der Waals surface area (Å²) in [6, 6.07) is 19.4. The van der Waals surface area contributed by atoms with Crippen LogP contribution in [-0.2, 0) is 23.5 Å². The molecule has 3 N–H and O–H groups in total. The molecule has 1 heterocycles. The molecule has 1 aliphatic rings. The average Bonchev–Trinajstić information content (AvgIpc) is 2.79. The quantitative estimate of drug-likeness (QED) is 0.475. The molecule has 3 amide bonds. The van der Waals surface area contributed by atoms with Crippen molar-refractivity contribution in [2.24, 2.45) is 0 Å². The van der Waals surface area contributed by atoms with Crippen LogP contribution < -0.4 is 15.5 Å². The Hall–Kier alpha value is -3.16. The first-order chi connectivity index (χ1) is 15.3. The Bertz CT molecular complexity index is 1160. The van der Waals surface area contributed by atoms with Crippen LogP contribution in [0.4, 0.5) is 16.2 Å². The number of nitrogens with one attached hydrogen (secondary N) is 2. The van der Waals surface area contributed by atoms with Crippen LogP contribution >= 0.6 is 15.9 Å². The molecule has 32 heavy (non-hydrogen) atoms. The number of aryl methyl sites for hydroxylation is 2. The highest BCUT2D eigenvalue weighted by Crippen LogP contribution is 2.41. The van der Waals surface area contributed by atoms with Crippen molar-refractivity contribution in [3.05, 3.63) is 93.5 Å². The predicted octanol–water partition coefficient (Wildman–Crippen LogP) is 4.83. The fourth-order valence-electron chi connectivity index (χ4n) is 3.77. The number of amides is 3. The molecule has 0 saturated heterocycles. The minimum Gasteiger partial charge on any atom is -0.359 e. The summed E-state index contributed by atoms with van der Waals surface area (Å²) in [4.78, 5) is 27.7. The molecule has 1 unspecified atom stereocenters. The molecule has 0 aliphatic carbocycles. The third kappa shape index (κ3) is 4.01. The smallest absolute Gasteiger partial charge is 0.329 e. The van der Waals surface area contributed by atoms with Gasteiger partial charge in [0.05, 0.1) is 5.69 Å². The van der Waals surface area contributed by atoms with E-state index < -0.39 is 17.7 Å². The van der Waals surface area contributed by atoms with Gasteiger partial charge in [-0.15, -0.1) is 0 Å². The van der Waals surface area contributed by atoms with Crippen LogP contribution in [0.2, 0.25) is 0 Å². The minimum atomic E-state index is -2.24. The standard InChI is InChI=1S/C25H24BrN3O3/c1-3-17-8-11-20(12-9-17)29-24(31)28-22-13-10-19(26)14-21(22)25(29,32)23(30)27-15-18-6-4-16(2)5-7-18/h4-14,32H,3,15H2,1-2H3,(H,27,30)(H,28,31). The van der Waals surface area contributed by atoms with E-state index in [1.165, 1.54) is 0 Å². The zero-order chi connectivity index (χ0) is 22.9. The molecule has 1 aliphatic heterocycles. The SMILES string of the molecule is CCc1ccc(N2C(=O)Nc3ccc(Br)cc3C2(O)C(=O)NCc2ccc(C)cc2)cc1. The number of urea groups is 1. The Balaban J connectivity index is 1.76. The van der Waals surface area contributed by atoms with Gasteiger partial charge in [-0.25, -0.2) is 4.79 Å². The summed E-state index contributed by atoms with van der Waals surface area (Å²) in [5, 5.41) is 17.5. The number of carbonyl (C=O) groups is 2. The Morgan fingerprint density at radius 3 is 2.38 bits per heavy atom. The molecular formula is C25H24BrN3O3. The van der Waals surface area contributed by atoms with E-state index in [4.69, 9.17) is 0 Å². The van der Waals surface area contributed by atoms with Gasteiger partial charge < -0.3 is 15.7 Å². The molecular weight excluding hydrogens is 470 g/mol. The van der Waals surface area contributed by atoms with Crippen LogP contribution in [0.1, 0.15) is 29.2 Å². The lowest BCUT2D eigenvalue weighted by Crippen LogP contribution is -2.62. The predicted molar refractivity (Wildman–Crippen MR) is 128 cm³/mol. The van der Waals surface area contributed by atoms with Crippen molar-refractivity contribution in [3.8, 4) is 0 Å². The Labute approximate surface area is 195 Å². The number of anilines is 2. The van der Waals surface area contributed by atoms with Crippen molar-refractivity contribution in [2.75, 3.05) is 10.2 Å². The Kier molecular flexibility index (Phi) is 6.04. The van der Waals surface area contributed by atoms with Crippen LogP contribution in [0.3, 0.4) is 0 Å². The van der Waals surface area contributed by atoms with Crippen molar-refractivity contribution in [1.29, 1.82) is 0 Å². The van der Waals surface area contributed by atoms with Crippen molar-refractivity contribution in [3.63, 3.8) is 0 Å². The van der Waals surface area contributed by atoms with E-state index in [9.17, 15) is 14.7 Å². The number of fused-ring (bicyclic) bond motifs is 1. The van der Waals surface area contributed by atoms with Gasteiger partial charge in [0.2, 0.25) is 0 Å². The maximum absolute atomic E-state index is 13.5. The molecule has 0 aromatic heterocycles. The van der Waals surface area contributed by atoms with E-state index in [0.29, 0.717) is 15.8 Å². The van der Waals surface area contributed by atoms with Gasteiger partial charge in [0, 0.05) is 22.3 Å². The van der Waals surface area contributed by atoms with Crippen LogP contribution in [0.5, 0.6) is 0 Å². The number of nitrogens with zero attached hydrogens (tertiary/aromatic N) is 1. The molecule has 4 rings (SSSR count). The summed E-state index contributed by atoms with van der Waals surface area (Å²) in [6.07, 6.45) is 0.837. The zero-order valence-electron chi connectivity index (χ0n) is 17.9. The molecule has 0 radical (unpaired) electrons. The van der Waals surface area contributed by atoms with E-state index in [0.717, 1.165) is 28.0 Å². The molecule has 1 atom stereocenters. The fourth-order valence-corrected chi connectivity index (χ4v) is 4.13. The molecule has 0 bridgehead atoms. The normalized spacial score (nSPS) is 17.5. The van der Waals surface area contributed by atoms with E-state index >= 15 is 0 Å². The number of hydrogen-bond donors (Lipinski definition) is 3. The van der Waals surface area contributed by atoms with E-state index in [1.54, 1.807) is 30.3 Å². The summed E-state index contributed by atoms with van der Waals surface area (Å²) in [5.41, 5.74) is 1.93. The number of halogens is 1. The summed E-state index contributed by atoms with van der Waals surface area (Å²) in [7, 11) is 0. The number of aliphatic hydroxyl groups is 1. The summed E-state index contributed by atoms with van der Waals surface area (Å²) in [5.74, 6) is -0.688. The van der Waals surface area contributed by atoms with Gasteiger partial charge in [-0.2, -0.15) is 0 Å². The van der Waals surface area contributed by atoms with Crippen molar-refractivity contribution >= 4 is 39.2 Å². The summed E-state index contributed by atoms with van der Waals surface area (Å²) in [6.45, 7) is 4.24. The number of rotatable bonds is 5. The van der Waals surface area contributed by atoms with Crippen molar-refractivity contribution in [2.45, 2.75) is 32.5 Å². The third-order valence-corrected chi connectivity index (χ3v) is 6.11. The summed E-state index contributed by atoms with van der Waals surface area (Å²) >= 11 is 3.41. The van der Waals surface area contributed by atoms with Crippen LogP contribution in [-0.4, -0.2) is 17.0 Å². The first kappa shape index (κ1) is 22.0.